The van der Waals surface area contributed by atoms with Gasteiger partial charge < -0.3 is 9.84 Å². The molecule has 1 N–H and O–H groups in total. The standard InChI is InChI=1S/C13H16N2O2S/c1-13(2,3)14-12(16)8-9-7-10(17-15-9)11-5-4-6-18-11/h4-7H,8H2,1-3H3,(H,14,16). The van der Waals surface area contributed by atoms with E-state index in [4.69, 9.17) is 4.52 Å². The minimum absolute atomic E-state index is 0.0477. The first-order valence-corrected chi connectivity index (χ1v) is 6.62. The number of hydrogen-bond acceptors (Lipinski definition) is 4. The third kappa shape index (κ3) is 3.43. The first-order chi connectivity index (χ1) is 8.44. The van der Waals surface area contributed by atoms with E-state index in [1.54, 1.807) is 11.3 Å². The van der Waals surface area contributed by atoms with Crippen molar-refractivity contribution in [2.75, 3.05) is 0 Å². The lowest BCUT2D eigenvalue weighted by Gasteiger charge is -2.19. The van der Waals surface area contributed by atoms with Gasteiger partial charge in [0, 0.05) is 11.6 Å². The maximum absolute atomic E-state index is 11.7. The zero-order chi connectivity index (χ0) is 13.2. The zero-order valence-corrected chi connectivity index (χ0v) is 11.5. The molecular formula is C13H16N2O2S. The Morgan fingerprint density at radius 1 is 1.50 bits per heavy atom. The molecule has 0 spiro atoms. The molecule has 2 aromatic heterocycles. The summed E-state index contributed by atoms with van der Waals surface area (Å²) in [6, 6.07) is 5.73. The van der Waals surface area contributed by atoms with Crippen LogP contribution in [0.3, 0.4) is 0 Å². The second-order valence-corrected chi connectivity index (χ2v) is 6.08. The molecule has 0 saturated heterocycles. The Morgan fingerprint density at radius 3 is 2.89 bits per heavy atom. The summed E-state index contributed by atoms with van der Waals surface area (Å²) in [5.41, 5.74) is 0.428. The lowest BCUT2D eigenvalue weighted by atomic mass is 10.1. The largest absolute Gasteiger partial charge is 0.355 e. The summed E-state index contributed by atoms with van der Waals surface area (Å²) in [6.45, 7) is 5.85. The Labute approximate surface area is 110 Å². The number of nitrogens with one attached hydrogen (secondary N) is 1. The predicted octanol–water partition coefficient (Wildman–Crippen LogP) is 2.86. The molecule has 0 atom stereocenters. The van der Waals surface area contributed by atoms with Gasteiger partial charge in [-0.1, -0.05) is 11.2 Å². The minimum atomic E-state index is -0.225. The normalized spacial score (nSPS) is 11.5. The molecule has 5 heteroatoms. The van der Waals surface area contributed by atoms with Gasteiger partial charge in [0.05, 0.1) is 17.0 Å². The first kappa shape index (κ1) is 12.8. The van der Waals surface area contributed by atoms with E-state index in [0.29, 0.717) is 11.5 Å². The van der Waals surface area contributed by atoms with E-state index in [1.807, 2.05) is 44.4 Å². The molecule has 0 radical (unpaired) electrons. The first-order valence-electron chi connectivity index (χ1n) is 5.74. The number of amides is 1. The third-order valence-corrected chi connectivity index (χ3v) is 3.06. The molecule has 0 aromatic carbocycles. The molecule has 0 bridgehead atoms. The van der Waals surface area contributed by atoms with Crippen LogP contribution in [0.4, 0.5) is 0 Å². The zero-order valence-electron chi connectivity index (χ0n) is 10.7. The van der Waals surface area contributed by atoms with Gasteiger partial charge in [-0.15, -0.1) is 11.3 Å². The van der Waals surface area contributed by atoms with Crippen LogP contribution in [0.5, 0.6) is 0 Å². The molecule has 0 unspecified atom stereocenters. The Hall–Kier alpha value is -1.62. The molecule has 2 aromatic rings. The van der Waals surface area contributed by atoms with Gasteiger partial charge in [-0.3, -0.25) is 4.79 Å². The van der Waals surface area contributed by atoms with Crippen molar-refractivity contribution in [3.63, 3.8) is 0 Å². The van der Waals surface area contributed by atoms with Crippen LogP contribution < -0.4 is 5.32 Å². The van der Waals surface area contributed by atoms with Crippen LogP contribution in [0.1, 0.15) is 26.5 Å². The van der Waals surface area contributed by atoms with E-state index in [1.165, 1.54) is 0 Å². The van der Waals surface area contributed by atoms with Gasteiger partial charge in [-0.2, -0.15) is 0 Å². The molecule has 0 aliphatic rings. The quantitative estimate of drug-likeness (QED) is 0.927. The van der Waals surface area contributed by atoms with E-state index in [0.717, 1.165) is 4.88 Å². The average Bonchev–Trinajstić information content (AvgIpc) is 2.82. The van der Waals surface area contributed by atoms with Gasteiger partial charge in [0.1, 0.15) is 0 Å². The van der Waals surface area contributed by atoms with E-state index in [9.17, 15) is 4.79 Å². The highest BCUT2D eigenvalue weighted by Crippen LogP contribution is 2.25. The second-order valence-electron chi connectivity index (χ2n) is 5.13. The molecule has 0 fully saturated rings. The average molecular weight is 264 g/mol. The van der Waals surface area contributed by atoms with Gasteiger partial charge >= 0.3 is 0 Å². The minimum Gasteiger partial charge on any atom is -0.355 e. The van der Waals surface area contributed by atoms with Crippen LogP contribution in [-0.4, -0.2) is 16.6 Å². The van der Waals surface area contributed by atoms with E-state index in [-0.39, 0.29) is 17.9 Å². The lowest BCUT2D eigenvalue weighted by molar-refractivity contribution is -0.121. The van der Waals surface area contributed by atoms with Crippen LogP contribution >= 0.6 is 11.3 Å². The highest BCUT2D eigenvalue weighted by Gasteiger charge is 2.16. The third-order valence-electron chi connectivity index (χ3n) is 2.18. The number of aromatic nitrogens is 1. The number of carbonyl (C=O) groups excluding carboxylic acids is 1. The molecule has 2 rings (SSSR count). The van der Waals surface area contributed by atoms with Crippen LogP contribution in [0.15, 0.2) is 28.1 Å². The Bertz CT molecular complexity index is 523. The highest BCUT2D eigenvalue weighted by atomic mass is 32.1. The Balaban J connectivity index is 2.01. The maximum Gasteiger partial charge on any atom is 0.226 e. The summed E-state index contributed by atoms with van der Waals surface area (Å²) in [5, 5.41) is 8.78. The summed E-state index contributed by atoms with van der Waals surface area (Å²) in [4.78, 5) is 12.8. The van der Waals surface area contributed by atoms with Crippen molar-refractivity contribution in [1.29, 1.82) is 0 Å². The molecular weight excluding hydrogens is 248 g/mol. The van der Waals surface area contributed by atoms with Gasteiger partial charge in [-0.05, 0) is 32.2 Å². The van der Waals surface area contributed by atoms with Gasteiger partial charge in [0.25, 0.3) is 0 Å². The van der Waals surface area contributed by atoms with Crippen molar-refractivity contribution in [2.24, 2.45) is 0 Å². The van der Waals surface area contributed by atoms with Crippen LogP contribution in [-0.2, 0) is 11.2 Å². The van der Waals surface area contributed by atoms with E-state index >= 15 is 0 Å². The number of hydrogen-bond donors (Lipinski definition) is 1. The van der Waals surface area contributed by atoms with Crippen molar-refractivity contribution in [3.8, 4) is 10.6 Å². The fraction of sp³-hybridized carbons (Fsp3) is 0.385. The number of thiophene rings is 1. The van der Waals surface area contributed by atoms with Crippen LogP contribution in [0.25, 0.3) is 10.6 Å². The molecule has 0 aliphatic carbocycles. The smallest absolute Gasteiger partial charge is 0.226 e. The van der Waals surface area contributed by atoms with Gasteiger partial charge in [0.15, 0.2) is 5.76 Å². The molecule has 1 amide bonds. The van der Waals surface area contributed by atoms with Crippen LogP contribution in [0, 0.1) is 0 Å². The van der Waals surface area contributed by atoms with Gasteiger partial charge in [0.2, 0.25) is 5.91 Å². The predicted molar refractivity (Wildman–Crippen MR) is 71.4 cm³/mol. The Morgan fingerprint density at radius 2 is 2.28 bits per heavy atom. The summed E-state index contributed by atoms with van der Waals surface area (Å²) < 4.78 is 5.22. The fourth-order valence-corrected chi connectivity index (χ4v) is 2.23. The highest BCUT2D eigenvalue weighted by molar-refractivity contribution is 7.13. The van der Waals surface area contributed by atoms with Crippen molar-refractivity contribution in [2.45, 2.75) is 32.7 Å². The SMILES string of the molecule is CC(C)(C)NC(=O)Cc1cc(-c2cccs2)on1. The summed E-state index contributed by atoms with van der Waals surface area (Å²) in [6.07, 6.45) is 0.242. The summed E-state index contributed by atoms with van der Waals surface area (Å²) in [5.74, 6) is 0.664. The molecule has 0 saturated carbocycles. The monoisotopic (exact) mass is 264 g/mol. The fourth-order valence-electron chi connectivity index (χ4n) is 1.56. The van der Waals surface area contributed by atoms with Crippen LogP contribution in [0.2, 0.25) is 0 Å². The second kappa shape index (κ2) is 4.94. The van der Waals surface area contributed by atoms with Gasteiger partial charge in [-0.25, -0.2) is 0 Å². The molecule has 96 valence electrons. The molecule has 18 heavy (non-hydrogen) atoms. The maximum atomic E-state index is 11.7. The van der Waals surface area contributed by atoms with E-state index < -0.39 is 0 Å². The number of carbonyl (C=O) groups is 1. The van der Waals surface area contributed by atoms with Crippen molar-refractivity contribution in [1.82, 2.24) is 10.5 Å². The van der Waals surface area contributed by atoms with Crippen molar-refractivity contribution >= 4 is 17.2 Å². The van der Waals surface area contributed by atoms with E-state index in [2.05, 4.69) is 10.5 Å². The number of rotatable bonds is 3. The van der Waals surface area contributed by atoms with Crippen molar-refractivity contribution < 1.29 is 9.32 Å². The number of nitrogens with zero attached hydrogens (tertiary/aromatic N) is 1. The Kier molecular flexibility index (Phi) is 3.52. The molecule has 4 nitrogen and oxygen atoms in total. The van der Waals surface area contributed by atoms with Crippen molar-refractivity contribution in [3.05, 3.63) is 29.3 Å². The summed E-state index contributed by atoms with van der Waals surface area (Å²) in [7, 11) is 0. The lowest BCUT2D eigenvalue weighted by Crippen LogP contribution is -2.41. The molecule has 0 aliphatic heterocycles. The summed E-state index contributed by atoms with van der Waals surface area (Å²) >= 11 is 1.58. The topological polar surface area (TPSA) is 55.1 Å². The molecule has 2 heterocycles.